The molecule has 1 heterocycles. The number of hydrogen-bond donors (Lipinski definition) is 3. The first kappa shape index (κ1) is 34.3. The smallest absolute Gasteiger partial charge is 0.335 e. The first-order valence-corrected chi connectivity index (χ1v) is 14.9. The van der Waals surface area contributed by atoms with Crippen molar-refractivity contribution in [2.75, 3.05) is 65.7 Å². The molecule has 44 heavy (non-hydrogen) atoms. The highest BCUT2D eigenvalue weighted by molar-refractivity contribution is 7.98. The molecule has 1 aromatic heterocycles. The van der Waals surface area contributed by atoms with Crippen molar-refractivity contribution in [3.05, 3.63) is 53.6 Å². The van der Waals surface area contributed by atoms with Gasteiger partial charge >= 0.3 is 11.9 Å². The number of benzene rings is 2. The Labute approximate surface area is 258 Å². The first-order valence-electron chi connectivity index (χ1n) is 13.7. The Balaban J connectivity index is 1.11. The molecule has 0 aliphatic heterocycles. The number of hydrogen-bond acceptors (Lipinski definition) is 12. The SMILES string of the molecule is CSc1nnc(-c2ccc(OCCOCCOCCOCCNC(=O)CCCOc3cc(C(=O)O)cc(C(=O)O)c3)cc2)o1. The van der Waals surface area contributed by atoms with Crippen LogP contribution >= 0.6 is 11.8 Å². The Morgan fingerprint density at radius 1 is 0.773 bits per heavy atom. The van der Waals surface area contributed by atoms with Gasteiger partial charge in [0.2, 0.25) is 11.8 Å². The van der Waals surface area contributed by atoms with Crippen LogP contribution in [0.5, 0.6) is 11.5 Å². The topological polar surface area (TPSA) is 189 Å². The molecule has 0 bridgehead atoms. The minimum Gasteiger partial charge on any atom is -0.494 e. The number of nitrogens with zero attached hydrogens (tertiary/aromatic N) is 2. The van der Waals surface area contributed by atoms with Crippen LogP contribution in [0.1, 0.15) is 33.6 Å². The van der Waals surface area contributed by atoms with E-state index in [1.54, 1.807) is 0 Å². The highest BCUT2D eigenvalue weighted by Gasteiger charge is 2.12. The predicted molar refractivity (Wildman–Crippen MR) is 158 cm³/mol. The Morgan fingerprint density at radius 3 is 1.95 bits per heavy atom. The maximum Gasteiger partial charge on any atom is 0.335 e. The molecule has 0 radical (unpaired) electrons. The van der Waals surface area contributed by atoms with Crippen molar-refractivity contribution in [1.29, 1.82) is 0 Å². The highest BCUT2D eigenvalue weighted by atomic mass is 32.2. The minimum absolute atomic E-state index is 0.115. The lowest BCUT2D eigenvalue weighted by atomic mass is 10.1. The second-order valence-electron chi connectivity index (χ2n) is 8.95. The van der Waals surface area contributed by atoms with Crippen LogP contribution in [0.2, 0.25) is 0 Å². The fourth-order valence-corrected chi connectivity index (χ4v) is 3.85. The van der Waals surface area contributed by atoms with Gasteiger partial charge in [0.05, 0.1) is 57.4 Å². The second kappa shape index (κ2) is 19.2. The molecule has 0 saturated heterocycles. The van der Waals surface area contributed by atoms with Gasteiger partial charge in [0.25, 0.3) is 5.22 Å². The summed E-state index contributed by atoms with van der Waals surface area (Å²) in [5.41, 5.74) is 0.435. The van der Waals surface area contributed by atoms with E-state index in [2.05, 4.69) is 15.5 Å². The molecule has 0 fully saturated rings. The van der Waals surface area contributed by atoms with E-state index < -0.39 is 11.9 Å². The number of ether oxygens (including phenoxy) is 5. The predicted octanol–water partition coefficient (Wildman–Crippen LogP) is 3.26. The first-order chi connectivity index (χ1) is 21.4. The standard InChI is InChI=1S/C29H35N3O11S/c1-44-29-32-31-26(43-29)20-4-6-23(7-5-20)42-16-15-40-14-13-39-12-11-38-10-8-30-25(33)3-2-9-41-24-18-21(27(34)35)17-22(19-24)28(36)37/h4-7,17-19H,2-3,8-16H2,1H3,(H,30,33)(H,34,35)(H,36,37). The van der Waals surface area contributed by atoms with E-state index in [1.165, 1.54) is 23.9 Å². The van der Waals surface area contributed by atoms with Crippen LogP contribution < -0.4 is 14.8 Å². The van der Waals surface area contributed by atoms with Crippen LogP contribution in [-0.2, 0) is 19.0 Å². The zero-order valence-corrected chi connectivity index (χ0v) is 25.0. The number of aromatic carboxylic acids is 2. The summed E-state index contributed by atoms with van der Waals surface area (Å²) in [5, 5.41) is 29.4. The summed E-state index contributed by atoms with van der Waals surface area (Å²) in [5.74, 6) is -1.43. The molecular formula is C29H35N3O11S. The molecule has 2 aromatic carbocycles. The molecule has 15 heteroatoms. The van der Waals surface area contributed by atoms with Gasteiger partial charge in [0.1, 0.15) is 18.1 Å². The fourth-order valence-electron chi connectivity index (χ4n) is 3.57. The summed E-state index contributed by atoms with van der Waals surface area (Å²) in [6.45, 7) is 3.20. The van der Waals surface area contributed by atoms with Crippen molar-refractivity contribution in [3.8, 4) is 23.0 Å². The summed E-state index contributed by atoms with van der Waals surface area (Å²) in [6, 6.07) is 10.9. The van der Waals surface area contributed by atoms with E-state index >= 15 is 0 Å². The van der Waals surface area contributed by atoms with E-state index in [-0.39, 0.29) is 35.8 Å². The molecular weight excluding hydrogens is 598 g/mol. The van der Waals surface area contributed by atoms with Gasteiger partial charge in [0, 0.05) is 18.5 Å². The second-order valence-corrected chi connectivity index (χ2v) is 9.70. The quantitative estimate of drug-likeness (QED) is 0.108. The molecule has 1 amide bonds. The number of carbonyl (C=O) groups excluding carboxylic acids is 1. The van der Waals surface area contributed by atoms with E-state index in [4.69, 9.17) is 38.3 Å². The zero-order chi connectivity index (χ0) is 31.6. The van der Waals surface area contributed by atoms with Crippen molar-refractivity contribution in [1.82, 2.24) is 15.5 Å². The van der Waals surface area contributed by atoms with Gasteiger partial charge in [0.15, 0.2) is 0 Å². The number of carboxylic acid groups (broad SMARTS) is 2. The van der Waals surface area contributed by atoms with Crippen LogP contribution in [0, 0.1) is 0 Å². The summed E-state index contributed by atoms with van der Waals surface area (Å²) in [6.07, 6.45) is 2.42. The molecule has 3 aromatic rings. The normalized spacial score (nSPS) is 10.8. The molecule has 0 unspecified atom stereocenters. The minimum atomic E-state index is -1.26. The summed E-state index contributed by atoms with van der Waals surface area (Å²) in [7, 11) is 0. The van der Waals surface area contributed by atoms with Crippen LogP contribution in [0.15, 0.2) is 52.1 Å². The van der Waals surface area contributed by atoms with Crippen LogP contribution in [-0.4, -0.2) is 104 Å². The number of carbonyl (C=O) groups is 3. The lowest BCUT2D eigenvalue weighted by molar-refractivity contribution is -0.121. The average molecular weight is 634 g/mol. The van der Waals surface area contributed by atoms with Crippen molar-refractivity contribution >= 4 is 29.6 Å². The third kappa shape index (κ3) is 12.6. The maximum absolute atomic E-state index is 11.9. The van der Waals surface area contributed by atoms with Gasteiger partial charge in [-0.25, -0.2) is 9.59 Å². The largest absolute Gasteiger partial charge is 0.494 e. The number of carboxylic acids is 2. The summed E-state index contributed by atoms with van der Waals surface area (Å²) >= 11 is 1.39. The monoisotopic (exact) mass is 633 g/mol. The third-order valence-corrected chi connectivity index (χ3v) is 6.22. The number of rotatable bonds is 22. The number of aromatic nitrogens is 2. The lowest BCUT2D eigenvalue weighted by Crippen LogP contribution is -2.27. The molecule has 3 rings (SSSR count). The lowest BCUT2D eigenvalue weighted by Gasteiger charge is -2.09. The Morgan fingerprint density at radius 2 is 1.36 bits per heavy atom. The zero-order valence-electron chi connectivity index (χ0n) is 24.2. The third-order valence-electron chi connectivity index (χ3n) is 5.71. The fraction of sp³-hybridized carbons (Fsp3) is 0.414. The van der Waals surface area contributed by atoms with Crippen LogP contribution in [0.25, 0.3) is 11.5 Å². The molecule has 0 aliphatic rings. The van der Waals surface area contributed by atoms with E-state index in [1.807, 2.05) is 30.5 Å². The van der Waals surface area contributed by atoms with Crippen molar-refractivity contribution in [2.24, 2.45) is 0 Å². The van der Waals surface area contributed by atoms with Crippen molar-refractivity contribution < 1.29 is 52.7 Å². The Hall–Kier alpha value is -4.18. The Kier molecular flexibility index (Phi) is 14.9. The molecule has 3 N–H and O–H groups in total. The van der Waals surface area contributed by atoms with Gasteiger partial charge < -0.3 is 43.6 Å². The molecule has 0 saturated carbocycles. The maximum atomic E-state index is 11.9. The van der Waals surface area contributed by atoms with Gasteiger partial charge in [-0.2, -0.15) is 0 Å². The van der Waals surface area contributed by atoms with E-state index in [0.29, 0.717) is 76.1 Å². The van der Waals surface area contributed by atoms with Crippen LogP contribution in [0.4, 0.5) is 0 Å². The highest BCUT2D eigenvalue weighted by Crippen LogP contribution is 2.24. The molecule has 0 aliphatic carbocycles. The van der Waals surface area contributed by atoms with Gasteiger partial charge in [-0.05, 0) is 55.1 Å². The number of thioether (sulfide) groups is 1. The molecule has 0 spiro atoms. The molecule has 238 valence electrons. The summed E-state index contributed by atoms with van der Waals surface area (Å²) < 4.78 is 33.0. The average Bonchev–Trinajstić information content (AvgIpc) is 3.51. The van der Waals surface area contributed by atoms with Gasteiger partial charge in [-0.3, -0.25) is 4.79 Å². The van der Waals surface area contributed by atoms with E-state index in [9.17, 15) is 14.4 Å². The summed E-state index contributed by atoms with van der Waals surface area (Å²) in [4.78, 5) is 34.3. The Bertz CT molecular complexity index is 1300. The van der Waals surface area contributed by atoms with Gasteiger partial charge in [-0.1, -0.05) is 11.8 Å². The van der Waals surface area contributed by atoms with Crippen molar-refractivity contribution in [3.63, 3.8) is 0 Å². The van der Waals surface area contributed by atoms with Gasteiger partial charge in [-0.15, -0.1) is 10.2 Å². The van der Waals surface area contributed by atoms with E-state index in [0.717, 1.165) is 11.6 Å². The number of amides is 1. The molecule has 0 atom stereocenters. The van der Waals surface area contributed by atoms with Crippen molar-refractivity contribution in [2.45, 2.75) is 18.1 Å². The molecule has 14 nitrogen and oxygen atoms in total. The number of nitrogens with one attached hydrogen (secondary N) is 1. The van der Waals surface area contributed by atoms with Crippen LogP contribution in [0.3, 0.4) is 0 Å².